The Kier molecular flexibility index (Phi) is 6.75. The van der Waals surface area contributed by atoms with E-state index in [9.17, 15) is 9.59 Å². The molecule has 5 heteroatoms. The average Bonchev–Trinajstić information content (AvgIpc) is 2.16. The summed E-state index contributed by atoms with van der Waals surface area (Å²) in [5.74, 6) is 3.38. The van der Waals surface area contributed by atoms with Crippen LogP contribution in [-0.2, 0) is 19.1 Å². The van der Waals surface area contributed by atoms with Crippen molar-refractivity contribution >= 4 is 23.5 Å². The van der Waals surface area contributed by atoms with Gasteiger partial charge >= 0.3 is 11.9 Å². The summed E-state index contributed by atoms with van der Waals surface area (Å²) in [5, 5.41) is 0. The van der Waals surface area contributed by atoms with Crippen LogP contribution in [0.2, 0.25) is 0 Å². The van der Waals surface area contributed by atoms with Gasteiger partial charge in [0.2, 0.25) is 0 Å². The third kappa shape index (κ3) is 7.16. The zero-order chi connectivity index (χ0) is 10.1. The van der Waals surface area contributed by atoms with Crippen molar-refractivity contribution in [3.05, 3.63) is 0 Å². The van der Waals surface area contributed by atoms with Crippen LogP contribution in [-0.4, -0.2) is 31.5 Å². The molecule has 0 aromatic carbocycles. The Bertz CT molecular complexity index is 238. The summed E-state index contributed by atoms with van der Waals surface area (Å²) in [6, 6.07) is 0. The van der Waals surface area contributed by atoms with E-state index in [2.05, 4.69) is 21.3 Å². The van der Waals surface area contributed by atoms with E-state index in [4.69, 9.17) is 11.6 Å². The van der Waals surface area contributed by atoms with Crippen LogP contribution in [0.1, 0.15) is 6.42 Å². The Morgan fingerprint density at radius 2 is 2.15 bits per heavy atom. The second kappa shape index (κ2) is 7.44. The fourth-order valence-electron chi connectivity index (χ4n) is 0.440. The predicted molar refractivity (Wildman–Crippen MR) is 46.1 cm³/mol. The van der Waals surface area contributed by atoms with E-state index < -0.39 is 11.9 Å². The number of hydrogen-bond donors (Lipinski definition) is 0. The highest BCUT2D eigenvalue weighted by Gasteiger charge is 1.96. The van der Waals surface area contributed by atoms with Crippen LogP contribution < -0.4 is 0 Å². The molecular formula is C8H9ClO4. The molecule has 0 bridgehead atoms. The summed E-state index contributed by atoms with van der Waals surface area (Å²) in [6.45, 7) is 0.134. The largest absolute Gasteiger partial charge is 0.464 e. The molecular weight excluding hydrogens is 196 g/mol. The van der Waals surface area contributed by atoms with Crippen molar-refractivity contribution in [1.29, 1.82) is 0 Å². The lowest BCUT2D eigenvalue weighted by Gasteiger charge is -1.96. The van der Waals surface area contributed by atoms with Gasteiger partial charge in [-0.2, -0.15) is 0 Å². The molecule has 0 aromatic rings. The van der Waals surface area contributed by atoms with Crippen LogP contribution in [0.4, 0.5) is 0 Å². The molecule has 13 heavy (non-hydrogen) atoms. The van der Waals surface area contributed by atoms with Crippen LogP contribution in [0.25, 0.3) is 0 Å². The molecule has 0 aliphatic carbocycles. The first-order chi connectivity index (χ1) is 6.20. The van der Waals surface area contributed by atoms with E-state index in [1.165, 1.54) is 7.11 Å². The SMILES string of the molecule is COC(=O)C#CCCOC(=O)CCl. The maximum atomic E-state index is 10.5. The topological polar surface area (TPSA) is 52.6 Å². The number of esters is 2. The van der Waals surface area contributed by atoms with Gasteiger partial charge in [0.1, 0.15) is 12.5 Å². The Morgan fingerprint density at radius 1 is 1.46 bits per heavy atom. The number of carbonyl (C=O) groups is 2. The van der Waals surface area contributed by atoms with Crippen molar-refractivity contribution in [2.45, 2.75) is 6.42 Å². The van der Waals surface area contributed by atoms with Crippen LogP contribution in [0, 0.1) is 11.8 Å². The molecule has 72 valence electrons. The van der Waals surface area contributed by atoms with Crippen molar-refractivity contribution in [2.24, 2.45) is 0 Å². The molecule has 0 spiro atoms. The van der Waals surface area contributed by atoms with Gasteiger partial charge in [-0.3, -0.25) is 4.79 Å². The summed E-state index contributed by atoms with van der Waals surface area (Å²) in [4.78, 5) is 20.9. The quantitative estimate of drug-likeness (QED) is 0.219. The Labute approximate surface area is 81.1 Å². The summed E-state index contributed by atoms with van der Waals surface area (Å²) in [5.41, 5.74) is 0. The van der Waals surface area contributed by atoms with E-state index in [-0.39, 0.29) is 18.9 Å². The summed E-state index contributed by atoms with van der Waals surface area (Å²) >= 11 is 5.15. The first kappa shape index (κ1) is 11.8. The molecule has 0 aliphatic heterocycles. The molecule has 0 aromatic heterocycles. The first-order valence-electron chi connectivity index (χ1n) is 3.49. The summed E-state index contributed by atoms with van der Waals surface area (Å²) in [6.07, 6.45) is 0.289. The van der Waals surface area contributed by atoms with E-state index in [1.54, 1.807) is 0 Å². The van der Waals surface area contributed by atoms with Crippen molar-refractivity contribution in [2.75, 3.05) is 19.6 Å². The minimum absolute atomic E-state index is 0.134. The number of hydrogen-bond acceptors (Lipinski definition) is 4. The van der Waals surface area contributed by atoms with Gasteiger partial charge in [-0.05, 0) is 0 Å². The van der Waals surface area contributed by atoms with Gasteiger partial charge in [0.25, 0.3) is 0 Å². The molecule has 0 heterocycles. The smallest absolute Gasteiger partial charge is 0.384 e. The lowest BCUT2D eigenvalue weighted by Crippen LogP contribution is -2.06. The fourth-order valence-corrected chi connectivity index (χ4v) is 0.517. The number of rotatable bonds is 3. The van der Waals surface area contributed by atoms with Gasteiger partial charge in [0.05, 0.1) is 7.11 Å². The second-order valence-corrected chi connectivity index (χ2v) is 2.16. The lowest BCUT2D eigenvalue weighted by atomic mass is 10.4. The summed E-state index contributed by atoms with van der Waals surface area (Å²) in [7, 11) is 1.24. The van der Waals surface area contributed by atoms with Gasteiger partial charge in [0.15, 0.2) is 0 Å². The maximum Gasteiger partial charge on any atom is 0.384 e. The molecule has 0 unspecified atom stereocenters. The zero-order valence-corrected chi connectivity index (χ0v) is 7.89. The molecule has 0 radical (unpaired) electrons. The highest BCUT2D eigenvalue weighted by molar-refractivity contribution is 6.26. The predicted octanol–water partition coefficient (Wildman–Crippen LogP) is 0.335. The minimum Gasteiger partial charge on any atom is -0.464 e. The average molecular weight is 205 g/mol. The molecule has 0 fully saturated rings. The highest BCUT2D eigenvalue weighted by Crippen LogP contribution is 1.85. The van der Waals surface area contributed by atoms with Gasteiger partial charge in [-0.1, -0.05) is 5.92 Å². The number of methoxy groups -OCH3 is 1. The zero-order valence-electron chi connectivity index (χ0n) is 7.13. The van der Waals surface area contributed by atoms with Gasteiger partial charge in [-0.25, -0.2) is 4.79 Å². The fraction of sp³-hybridized carbons (Fsp3) is 0.500. The molecule has 0 rings (SSSR count). The Morgan fingerprint density at radius 3 is 2.69 bits per heavy atom. The van der Waals surface area contributed by atoms with E-state index in [1.807, 2.05) is 0 Å². The molecule has 0 saturated carbocycles. The standard InChI is InChI=1S/C8H9ClO4/c1-12-7(10)4-2-3-5-13-8(11)6-9/h3,5-6H2,1H3. The Hall–Kier alpha value is -1.21. The van der Waals surface area contributed by atoms with Crippen molar-refractivity contribution < 1.29 is 19.1 Å². The van der Waals surface area contributed by atoms with E-state index in [0.717, 1.165) is 0 Å². The number of carbonyl (C=O) groups excluding carboxylic acids is 2. The van der Waals surface area contributed by atoms with Crippen LogP contribution in [0.15, 0.2) is 0 Å². The van der Waals surface area contributed by atoms with Gasteiger partial charge < -0.3 is 9.47 Å². The molecule has 4 nitrogen and oxygen atoms in total. The van der Waals surface area contributed by atoms with Crippen molar-refractivity contribution in [3.8, 4) is 11.8 Å². The minimum atomic E-state index is -0.608. The number of ether oxygens (including phenoxy) is 2. The van der Waals surface area contributed by atoms with Gasteiger partial charge in [0, 0.05) is 12.3 Å². The third-order valence-electron chi connectivity index (χ3n) is 0.975. The van der Waals surface area contributed by atoms with Crippen molar-refractivity contribution in [1.82, 2.24) is 0 Å². The Balaban J connectivity index is 3.48. The molecule has 0 atom stereocenters. The van der Waals surface area contributed by atoms with Crippen LogP contribution in [0.3, 0.4) is 0 Å². The molecule has 0 saturated heterocycles. The molecule has 0 aliphatic rings. The molecule has 0 N–H and O–H groups in total. The number of alkyl halides is 1. The van der Waals surface area contributed by atoms with Crippen LogP contribution in [0.5, 0.6) is 0 Å². The summed E-state index contributed by atoms with van der Waals surface area (Å²) < 4.78 is 8.84. The highest BCUT2D eigenvalue weighted by atomic mass is 35.5. The lowest BCUT2D eigenvalue weighted by molar-refractivity contribution is -0.140. The van der Waals surface area contributed by atoms with Crippen molar-refractivity contribution in [3.63, 3.8) is 0 Å². The second-order valence-electron chi connectivity index (χ2n) is 1.90. The van der Waals surface area contributed by atoms with Crippen LogP contribution >= 0.6 is 11.6 Å². The number of halogens is 1. The first-order valence-corrected chi connectivity index (χ1v) is 4.02. The molecule has 0 amide bonds. The third-order valence-corrected chi connectivity index (χ3v) is 1.19. The monoisotopic (exact) mass is 204 g/mol. The van der Waals surface area contributed by atoms with E-state index in [0.29, 0.717) is 0 Å². The van der Waals surface area contributed by atoms with Gasteiger partial charge in [-0.15, -0.1) is 11.6 Å². The normalized spacial score (nSPS) is 8.15. The maximum absolute atomic E-state index is 10.5. The van der Waals surface area contributed by atoms with E-state index >= 15 is 0 Å².